The summed E-state index contributed by atoms with van der Waals surface area (Å²) in [4.78, 5) is 16.7. The van der Waals surface area contributed by atoms with Gasteiger partial charge in [0.2, 0.25) is 0 Å². The Kier molecular flexibility index (Phi) is 4.59. The van der Waals surface area contributed by atoms with Gasteiger partial charge >= 0.3 is 0 Å². The van der Waals surface area contributed by atoms with Gasteiger partial charge in [0.05, 0.1) is 5.52 Å². The lowest BCUT2D eigenvalue weighted by atomic mass is 10.1. The summed E-state index contributed by atoms with van der Waals surface area (Å²) in [5, 5.41) is 0. The molecule has 0 atom stereocenters. The van der Waals surface area contributed by atoms with Crippen LogP contribution in [-0.2, 0) is 0 Å². The van der Waals surface area contributed by atoms with Crippen LogP contribution in [0.3, 0.4) is 0 Å². The van der Waals surface area contributed by atoms with E-state index in [1.165, 1.54) is 5.56 Å². The van der Waals surface area contributed by atoms with Gasteiger partial charge in [-0.1, -0.05) is 36.4 Å². The Balaban J connectivity index is 1.79. The molecule has 1 aromatic carbocycles. The highest BCUT2D eigenvalue weighted by Gasteiger charge is 2.20. The number of fused-ring (bicyclic) bond motifs is 1. The summed E-state index contributed by atoms with van der Waals surface area (Å²) in [6.07, 6.45) is 3.86. The van der Waals surface area contributed by atoms with E-state index in [0.29, 0.717) is 0 Å². The molecule has 0 aliphatic carbocycles. The van der Waals surface area contributed by atoms with Gasteiger partial charge < -0.3 is 9.30 Å². The summed E-state index contributed by atoms with van der Waals surface area (Å²) in [6.45, 7) is 8.75. The van der Waals surface area contributed by atoms with Gasteiger partial charge in [-0.25, -0.2) is 0 Å². The highest BCUT2D eigenvalue weighted by molar-refractivity contribution is 5.85. The van der Waals surface area contributed by atoms with E-state index in [1.54, 1.807) is 12.1 Å². The largest absolute Gasteiger partial charge is 0.355 e. The molecular formula is C22H23N3O. The smallest absolute Gasteiger partial charge is 0.180 e. The van der Waals surface area contributed by atoms with E-state index in [0.717, 1.165) is 49.6 Å². The first-order valence-corrected chi connectivity index (χ1v) is 9.05. The van der Waals surface area contributed by atoms with Crippen LogP contribution >= 0.6 is 0 Å². The number of hydrogen-bond donors (Lipinski definition) is 0. The van der Waals surface area contributed by atoms with Crippen molar-refractivity contribution >= 4 is 11.3 Å². The quantitative estimate of drug-likeness (QED) is 0.679. The number of nitrogens with zero attached hydrogens (tertiary/aromatic N) is 3. The van der Waals surface area contributed by atoms with E-state index < -0.39 is 0 Å². The third-order valence-corrected chi connectivity index (χ3v) is 5.02. The van der Waals surface area contributed by atoms with Crippen LogP contribution in [0.15, 0.2) is 78.2 Å². The van der Waals surface area contributed by atoms with Gasteiger partial charge in [0, 0.05) is 50.6 Å². The molecular weight excluding hydrogens is 322 g/mol. The summed E-state index contributed by atoms with van der Waals surface area (Å²) >= 11 is 0. The third kappa shape index (κ3) is 3.16. The van der Waals surface area contributed by atoms with Crippen molar-refractivity contribution in [1.29, 1.82) is 0 Å². The van der Waals surface area contributed by atoms with E-state index in [1.807, 2.05) is 24.4 Å². The van der Waals surface area contributed by atoms with Crippen LogP contribution in [0.4, 0.5) is 5.82 Å². The summed E-state index contributed by atoms with van der Waals surface area (Å²) in [5.74, 6) is 1.15. The van der Waals surface area contributed by atoms with E-state index in [4.69, 9.17) is 0 Å². The highest BCUT2D eigenvalue weighted by Crippen LogP contribution is 2.32. The number of hydrogen-bond acceptors (Lipinski definition) is 3. The molecule has 1 aliphatic rings. The maximum atomic E-state index is 11.9. The zero-order valence-corrected chi connectivity index (χ0v) is 14.8. The standard InChI is InChI=1S/C22H23N3O/c1-2-11-23-13-15-24(16-14-23)22-17-20(18-6-4-3-5-7-18)21-9-8-19(26)10-12-25(21)22/h2-10,12,17H,1,11,13-16H2. The van der Waals surface area contributed by atoms with Crippen molar-refractivity contribution in [3.63, 3.8) is 0 Å². The second kappa shape index (κ2) is 7.18. The Morgan fingerprint density at radius 3 is 2.46 bits per heavy atom. The van der Waals surface area contributed by atoms with Gasteiger partial charge in [-0.2, -0.15) is 0 Å². The molecule has 132 valence electrons. The molecule has 0 N–H and O–H groups in total. The van der Waals surface area contributed by atoms with Crippen molar-refractivity contribution in [3.8, 4) is 11.1 Å². The van der Waals surface area contributed by atoms with Crippen molar-refractivity contribution < 1.29 is 0 Å². The Hall–Kier alpha value is -2.85. The number of anilines is 1. The normalized spacial score (nSPS) is 15.3. The predicted octanol–water partition coefficient (Wildman–Crippen LogP) is 3.27. The van der Waals surface area contributed by atoms with Crippen LogP contribution in [0.1, 0.15) is 0 Å². The molecule has 0 spiro atoms. The van der Waals surface area contributed by atoms with E-state index in [-0.39, 0.29) is 5.43 Å². The minimum absolute atomic E-state index is 0.0227. The summed E-state index contributed by atoms with van der Waals surface area (Å²) < 4.78 is 2.15. The Bertz CT molecular complexity index is 970. The van der Waals surface area contributed by atoms with Crippen molar-refractivity contribution in [2.45, 2.75) is 0 Å². The molecule has 26 heavy (non-hydrogen) atoms. The minimum atomic E-state index is 0.0227. The zero-order chi connectivity index (χ0) is 17.9. The topological polar surface area (TPSA) is 28.0 Å². The fraction of sp³-hybridized carbons (Fsp3) is 0.227. The van der Waals surface area contributed by atoms with Crippen LogP contribution in [0.5, 0.6) is 0 Å². The summed E-state index contributed by atoms with van der Waals surface area (Å²) in [5.41, 5.74) is 3.40. The Labute approximate surface area is 153 Å². The van der Waals surface area contributed by atoms with Crippen molar-refractivity contribution in [2.24, 2.45) is 0 Å². The monoisotopic (exact) mass is 345 g/mol. The van der Waals surface area contributed by atoms with Crippen molar-refractivity contribution in [2.75, 3.05) is 37.6 Å². The number of piperazine rings is 1. The van der Waals surface area contributed by atoms with Gasteiger partial charge in [0.15, 0.2) is 5.43 Å². The molecule has 0 saturated carbocycles. The third-order valence-electron chi connectivity index (χ3n) is 5.02. The Morgan fingerprint density at radius 1 is 0.962 bits per heavy atom. The molecule has 4 rings (SSSR count). The molecule has 1 aliphatic heterocycles. The summed E-state index contributed by atoms with van der Waals surface area (Å²) in [7, 11) is 0. The van der Waals surface area contributed by atoms with Crippen LogP contribution in [0, 0.1) is 0 Å². The van der Waals surface area contributed by atoms with Crippen LogP contribution in [0.2, 0.25) is 0 Å². The van der Waals surface area contributed by atoms with Crippen molar-refractivity contribution in [3.05, 3.63) is 83.7 Å². The Morgan fingerprint density at radius 2 is 1.73 bits per heavy atom. The molecule has 3 heterocycles. The van der Waals surface area contributed by atoms with Crippen LogP contribution < -0.4 is 10.3 Å². The lowest BCUT2D eigenvalue weighted by Crippen LogP contribution is -2.46. The fourth-order valence-electron chi connectivity index (χ4n) is 3.65. The number of rotatable bonds is 4. The zero-order valence-electron chi connectivity index (χ0n) is 14.8. The average molecular weight is 345 g/mol. The maximum Gasteiger partial charge on any atom is 0.180 e. The van der Waals surface area contributed by atoms with Crippen molar-refractivity contribution in [1.82, 2.24) is 9.30 Å². The molecule has 4 heteroatoms. The minimum Gasteiger partial charge on any atom is -0.355 e. The van der Waals surface area contributed by atoms with Gasteiger partial charge in [0.25, 0.3) is 0 Å². The van der Waals surface area contributed by atoms with Crippen LogP contribution in [-0.4, -0.2) is 42.0 Å². The van der Waals surface area contributed by atoms with E-state index in [9.17, 15) is 4.79 Å². The van der Waals surface area contributed by atoms with E-state index in [2.05, 4.69) is 51.1 Å². The molecule has 4 nitrogen and oxygen atoms in total. The molecule has 0 bridgehead atoms. The number of benzene rings is 1. The molecule has 1 fully saturated rings. The molecule has 0 unspecified atom stereocenters. The first kappa shape index (κ1) is 16.6. The first-order valence-electron chi connectivity index (χ1n) is 9.05. The lowest BCUT2D eigenvalue weighted by molar-refractivity contribution is 0.283. The second-order valence-corrected chi connectivity index (χ2v) is 6.67. The molecule has 2 aromatic heterocycles. The highest BCUT2D eigenvalue weighted by atomic mass is 16.1. The lowest BCUT2D eigenvalue weighted by Gasteiger charge is -2.35. The van der Waals surface area contributed by atoms with Gasteiger partial charge in [-0.05, 0) is 23.8 Å². The number of aromatic nitrogens is 1. The molecule has 0 radical (unpaired) electrons. The molecule has 1 saturated heterocycles. The van der Waals surface area contributed by atoms with E-state index >= 15 is 0 Å². The second-order valence-electron chi connectivity index (χ2n) is 6.67. The summed E-state index contributed by atoms with van der Waals surface area (Å²) in [6, 6.07) is 17.8. The van der Waals surface area contributed by atoms with Gasteiger partial charge in [-0.3, -0.25) is 9.69 Å². The maximum absolute atomic E-state index is 11.9. The fourth-order valence-corrected chi connectivity index (χ4v) is 3.65. The molecule has 0 amide bonds. The average Bonchev–Trinajstić information content (AvgIpc) is 2.94. The molecule has 3 aromatic rings. The first-order chi connectivity index (χ1) is 12.8. The predicted molar refractivity (Wildman–Crippen MR) is 108 cm³/mol. The van der Waals surface area contributed by atoms with Gasteiger partial charge in [0.1, 0.15) is 5.82 Å². The SMILES string of the molecule is C=CCN1CCN(c2cc(-c3ccccc3)c3ccc(=O)ccn23)CC1. The van der Waals surface area contributed by atoms with Crippen LogP contribution in [0.25, 0.3) is 16.6 Å². The van der Waals surface area contributed by atoms with Gasteiger partial charge in [-0.15, -0.1) is 6.58 Å².